The van der Waals surface area contributed by atoms with E-state index in [2.05, 4.69) is 0 Å². The van der Waals surface area contributed by atoms with Crippen molar-refractivity contribution in [2.24, 2.45) is 5.41 Å². The molecular weight excluding hydrogens is 140 g/mol. The van der Waals surface area contributed by atoms with E-state index in [9.17, 15) is 4.79 Å². The molecule has 1 heterocycles. The van der Waals surface area contributed by atoms with Crippen LogP contribution in [0.1, 0.15) is 33.6 Å². The minimum Gasteiger partial charge on any atom is -0.370 e. The van der Waals surface area contributed by atoms with E-state index in [1.807, 2.05) is 20.8 Å². The Morgan fingerprint density at radius 3 is 2.45 bits per heavy atom. The summed E-state index contributed by atoms with van der Waals surface area (Å²) in [6.07, 6.45) is 1.83. The predicted molar refractivity (Wildman–Crippen MR) is 43.4 cm³/mol. The molecule has 11 heavy (non-hydrogen) atoms. The van der Waals surface area contributed by atoms with E-state index in [1.165, 1.54) is 0 Å². The third-order valence-corrected chi connectivity index (χ3v) is 1.96. The van der Waals surface area contributed by atoms with Gasteiger partial charge < -0.3 is 4.74 Å². The smallest absolute Gasteiger partial charge is 0.166 e. The molecule has 2 heteroatoms. The van der Waals surface area contributed by atoms with E-state index in [4.69, 9.17) is 4.74 Å². The molecule has 1 fully saturated rings. The average molecular weight is 156 g/mol. The van der Waals surface area contributed by atoms with Gasteiger partial charge in [-0.25, -0.2) is 0 Å². The number of carbonyl (C=O) groups excluding carboxylic acids is 1. The summed E-state index contributed by atoms with van der Waals surface area (Å²) in [5.41, 5.74) is -0.241. The number of hydrogen-bond donors (Lipinski definition) is 0. The molecule has 64 valence electrons. The summed E-state index contributed by atoms with van der Waals surface area (Å²) in [5, 5.41) is 0. The predicted octanol–water partition coefficient (Wildman–Crippen LogP) is 1.78. The summed E-state index contributed by atoms with van der Waals surface area (Å²) < 4.78 is 5.29. The van der Waals surface area contributed by atoms with Crippen LogP contribution >= 0.6 is 0 Å². The summed E-state index contributed by atoms with van der Waals surface area (Å²) in [7, 11) is 0. The largest absolute Gasteiger partial charge is 0.370 e. The first kappa shape index (κ1) is 8.72. The molecule has 0 aromatic heterocycles. The second-order valence-electron chi connectivity index (χ2n) is 4.12. The first-order valence-corrected chi connectivity index (χ1v) is 4.18. The van der Waals surface area contributed by atoms with Crippen LogP contribution < -0.4 is 0 Å². The van der Waals surface area contributed by atoms with Gasteiger partial charge in [0, 0.05) is 12.0 Å². The highest BCUT2D eigenvalue weighted by atomic mass is 16.5. The highest BCUT2D eigenvalue weighted by Gasteiger charge is 2.32. The lowest BCUT2D eigenvalue weighted by atomic mass is 9.87. The Balaban J connectivity index is 2.53. The topological polar surface area (TPSA) is 26.3 Å². The average Bonchev–Trinajstić information content (AvgIpc) is 2.34. The maximum absolute atomic E-state index is 11.5. The molecule has 1 rings (SSSR count). The van der Waals surface area contributed by atoms with E-state index in [0.717, 1.165) is 19.4 Å². The van der Waals surface area contributed by atoms with Crippen molar-refractivity contribution in [3.05, 3.63) is 0 Å². The van der Waals surface area contributed by atoms with Crippen molar-refractivity contribution in [1.82, 2.24) is 0 Å². The molecule has 1 aliphatic heterocycles. The molecular formula is C9H16O2. The van der Waals surface area contributed by atoms with Crippen molar-refractivity contribution < 1.29 is 9.53 Å². The minimum atomic E-state index is -0.241. The molecule has 2 nitrogen and oxygen atoms in total. The standard InChI is InChI=1S/C9H16O2/c1-9(2,3)8(10)7-5-4-6-11-7/h7H,4-6H2,1-3H3/t7-/m0/s1. The quantitative estimate of drug-likeness (QED) is 0.578. The van der Waals surface area contributed by atoms with Crippen LogP contribution in [0.3, 0.4) is 0 Å². The highest BCUT2D eigenvalue weighted by Crippen LogP contribution is 2.23. The van der Waals surface area contributed by atoms with Gasteiger partial charge in [0.15, 0.2) is 5.78 Å². The summed E-state index contributed by atoms with van der Waals surface area (Å²) in [6.45, 7) is 6.58. The van der Waals surface area contributed by atoms with Crippen LogP contribution in [0.15, 0.2) is 0 Å². The first-order valence-electron chi connectivity index (χ1n) is 4.18. The third kappa shape index (κ3) is 2.03. The van der Waals surface area contributed by atoms with Crippen molar-refractivity contribution in [3.63, 3.8) is 0 Å². The van der Waals surface area contributed by atoms with Crippen LogP contribution in [0.2, 0.25) is 0 Å². The van der Waals surface area contributed by atoms with Crippen molar-refractivity contribution in [3.8, 4) is 0 Å². The Morgan fingerprint density at radius 1 is 1.45 bits per heavy atom. The summed E-state index contributed by atoms with van der Waals surface area (Å²) in [4.78, 5) is 11.5. The number of rotatable bonds is 1. The van der Waals surface area contributed by atoms with Crippen molar-refractivity contribution in [2.75, 3.05) is 6.61 Å². The van der Waals surface area contributed by atoms with Gasteiger partial charge in [0.05, 0.1) is 0 Å². The third-order valence-electron chi connectivity index (χ3n) is 1.96. The summed E-state index contributed by atoms with van der Waals surface area (Å²) >= 11 is 0. The molecule has 0 unspecified atom stereocenters. The Morgan fingerprint density at radius 2 is 2.09 bits per heavy atom. The van der Waals surface area contributed by atoms with Crippen LogP contribution in [0, 0.1) is 5.41 Å². The van der Waals surface area contributed by atoms with E-state index in [1.54, 1.807) is 0 Å². The fourth-order valence-corrected chi connectivity index (χ4v) is 1.27. The normalized spacial score (nSPS) is 25.5. The molecule has 0 bridgehead atoms. The second-order valence-corrected chi connectivity index (χ2v) is 4.12. The van der Waals surface area contributed by atoms with E-state index < -0.39 is 0 Å². The van der Waals surface area contributed by atoms with Gasteiger partial charge in [-0.3, -0.25) is 4.79 Å². The van der Waals surface area contributed by atoms with Crippen molar-refractivity contribution in [2.45, 2.75) is 39.7 Å². The minimum absolute atomic E-state index is 0.116. The maximum atomic E-state index is 11.5. The number of hydrogen-bond acceptors (Lipinski definition) is 2. The molecule has 0 spiro atoms. The van der Waals surface area contributed by atoms with Crippen molar-refractivity contribution in [1.29, 1.82) is 0 Å². The van der Waals surface area contributed by atoms with Gasteiger partial charge in [-0.05, 0) is 12.8 Å². The first-order chi connectivity index (χ1) is 5.02. The van der Waals surface area contributed by atoms with Crippen molar-refractivity contribution >= 4 is 5.78 Å². The van der Waals surface area contributed by atoms with Crippen LogP contribution in [-0.4, -0.2) is 18.5 Å². The summed E-state index contributed by atoms with van der Waals surface area (Å²) in [6, 6.07) is 0. The van der Waals surface area contributed by atoms with Crippen LogP contribution in [-0.2, 0) is 9.53 Å². The Labute approximate surface area is 67.9 Å². The molecule has 0 amide bonds. The SMILES string of the molecule is CC(C)(C)C(=O)[C@@H]1CCCO1. The lowest BCUT2D eigenvalue weighted by Gasteiger charge is -2.20. The van der Waals surface area contributed by atoms with Gasteiger partial charge in [-0.1, -0.05) is 20.8 Å². The van der Waals surface area contributed by atoms with Gasteiger partial charge in [-0.15, -0.1) is 0 Å². The fourth-order valence-electron chi connectivity index (χ4n) is 1.27. The second kappa shape index (κ2) is 2.94. The molecule has 1 atom stereocenters. The Bertz CT molecular complexity index is 149. The fraction of sp³-hybridized carbons (Fsp3) is 0.889. The number of ketones is 1. The molecule has 0 aromatic rings. The van der Waals surface area contributed by atoms with Gasteiger partial charge in [0.2, 0.25) is 0 Å². The molecule has 0 aliphatic carbocycles. The number of carbonyl (C=O) groups is 1. The zero-order chi connectivity index (χ0) is 8.48. The lowest BCUT2D eigenvalue weighted by Crippen LogP contribution is -2.31. The summed E-state index contributed by atoms with van der Waals surface area (Å²) in [5.74, 6) is 0.245. The van der Waals surface area contributed by atoms with Gasteiger partial charge >= 0.3 is 0 Å². The van der Waals surface area contributed by atoms with Gasteiger partial charge in [-0.2, -0.15) is 0 Å². The molecule has 0 aromatic carbocycles. The lowest BCUT2D eigenvalue weighted by molar-refractivity contribution is -0.135. The zero-order valence-electron chi connectivity index (χ0n) is 7.52. The van der Waals surface area contributed by atoms with E-state index in [-0.39, 0.29) is 17.3 Å². The molecule has 0 saturated carbocycles. The van der Waals surface area contributed by atoms with Crippen LogP contribution in [0.4, 0.5) is 0 Å². The van der Waals surface area contributed by atoms with Gasteiger partial charge in [0.1, 0.15) is 6.10 Å². The molecule has 0 radical (unpaired) electrons. The van der Waals surface area contributed by atoms with Crippen LogP contribution in [0.25, 0.3) is 0 Å². The molecule has 0 N–H and O–H groups in total. The van der Waals surface area contributed by atoms with Crippen LogP contribution in [0.5, 0.6) is 0 Å². The molecule has 1 saturated heterocycles. The zero-order valence-corrected chi connectivity index (χ0v) is 7.52. The maximum Gasteiger partial charge on any atom is 0.166 e. The number of ether oxygens (including phenoxy) is 1. The molecule has 1 aliphatic rings. The monoisotopic (exact) mass is 156 g/mol. The number of Topliss-reactive ketones (excluding diaryl/α,β-unsaturated/α-hetero) is 1. The van der Waals surface area contributed by atoms with E-state index >= 15 is 0 Å². The Hall–Kier alpha value is -0.370. The highest BCUT2D eigenvalue weighted by molar-refractivity contribution is 5.88. The van der Waals surface area contributed by atoms with E-state index in [0.29, 0.717) is 0 Å². The Kier molecular flexibility index (Phi) is 2.33. The van der Waals surface area contributed by atoms with Gasteiger partial charge in [0.25, 0.3) is 0 Å².